The number of amides is 1. The maximum absolute atomic E-state index is 11.5. The monoisotopic (exact) mass is 266 g/mol. The summed E-state index contributed by atoms with van der Waals surface area (Å²) >= 11 is 0. The van der Waals surface area contributed by atoms with Gasteiger partial charge in [0.1, 0.15) is 11.5 Å². The molecule has 0 saturated carbocycles. The van der Waals surface area contributed by atoms with Crippen LogP contribution in [0.4, 0.5) is 0 Å². The quantitative estimate of drug-likeness (QED) is 0.801. The van der Waals surface area contributed by atoms with Crippen LogP contribution in [0.2, 0.25) is 0 Å². The first kappa shape index (κ1) is 15.3. The van der Waals surface area contributed by atoms with Crippen molar-refractivity contribution in [2.24, 2.45) is 5.73 Å². The van der Waals surface area contributed by atoms with Crippen molar-refractivity contribution in [2.45, 2.75) is 12.8 Å². The van der Waals surface area contributed by atoms with E-state index in [9.17, 15) is 4.79 Å². The van der Waals surface area contributed by atoms with Gasteiger partial charge < -0.3 is 20.1 Å². The smallest absolute Gasteiger partial charge is 0.225 e. The Morgan fingerprint density at radius 2 is 2.11 bits per heavy atom. The number of methoxy groups -OCH3 is 1. The molecule has 0 aromatic heterocycles. The number of rotatable bonds is 7. The van der Waals surface area contributed by atoms with Crippen LogP contribution >= 0.6 is 0 Å². The molecular weight excluding hydrogens is 244 g/mol. The average Bonchev–Trinajstić information content (AvgIpc) is 2.40. The molecule has 0 aliphatic rings. The summed E-state index contributed by atoms with van der Waals surface area (Å²) in [5.41, 5.74) is 6.60. The molecule has 0 aliphatic heterocycles. The van der Waals surface area contributed by atoms with Gasteiger partial charge >= 0.3 is 0 Å². The van der Waals surface area contributed by atoms with Gasteiger partial charge in [-0.1, -0.05) is 6.07 Å². The molecule has 19 heavy (non-hydrogen) atoms. The highest BCUT2D eigenvalue weighted by Crippen LogP contribution is 2.25. The van der Waals surface area contributed by atoms with Crippen LogP contribution in [0.5, 0.6) is 11.5 Å². The summed E-state index contributed by atoms with van der Waals surface area (Å²) in [7, 11) is 5.07. The molecule has 0 bridgehead atoms. The van der Waals surface area contributed by atoms with Crippen LogP contribution < -0.4 is 15.2 Å². The number of nitrogens with zero attached hydrogens (tertiary/aromatic N) is 1. The van der Waals surface area contributed by atoms with Gasteiger partial charge in [-0.25, -0.2) is 0 Å². The number of benzene rings is 1. The maximum Gasteiger partial charge on any atom is 0.225 e. The van der Waals surface area contributed by atoms with Crippen LogP contribution in [-0.2, 0) is 11.2 Å². The summed E-state index contributed by atoms with van der Waals surface area (Å²) < 4.78 is 10.8. The zero-order chi connectivity index (χ0) is 14.3. The molecule has 1 amide bonds. The summed E-state index contributed by atoms with van der Waals surface area (Å²) in [6.07, 6.45) is 1.09. The van der Waals surface area contributed by atoms with Crippen LogP contribution in [0.1, 0.15) is 12.0 Å². The van der Waals surface area contributed by atoms with Crippen molar-refractivity contribution in [1.82, 2.24) is 4.90 Å². The predicted molar refractivity (Wildman–Crippen MR) is 74.6 cm³/mol. The van der Waals surface area contributed by atoms with E-state index in [1.807, 2.05) is 18.2 Å². The maximum atomic E-state index is 11.5. The third kappa shape index (κ3) is 4.79. The number of carbonyl (C=O) groups excluding carboxylic acids is 1. The van der Waals surface area contributed by atoms with Gasteiger partial charge in [-0.3, -0.25) is 4.79 Å². The molecule has 0 aliphatic carbocycles. The van der Waals surface area contributed by atoms with Gasteiger partial charge in [-0.05, 0) is 24.6 Å². The Hall–Kier alpha value is -1.75. The lowest BCUT2D eigenvalue weighted by Crippen LogP contribution is -2.23. The summed E-state index contributed by atoms with van der Waals surface area (Å²) in [5, 5.41) is 0. The number of hydrogen-bond donors (Lipinski definition) is 1. The van der Waals surface area contributed by atoms with Crippen molar-refractivity contribution in [2.75, 3.05) is 34.4 Å². The van der Waals surface area contributed by atoms with Crippen LogP contribution in [0.25, 0.3) is 0 Å². The highest BCUT2D eigenvalue weighted by Gasteiger charge is 2.08. The standard InChI is InChI=1S/C14H22N2O3/c1-16(2)14(17)7-9-19-13-10-12(18-3)5-4-11(13)6-8-15/h4-5,10H,6-9,15H2,1-3H3. The molecule has 106 valence electrons. The topological polar surface area (TPSA) is 64.8 Å². The van der Waals surface area contributed by atoms with Crippen LogP contribution in [0.15, 0.2) is 18.2 Å². The Morgan fingerprint density at radius 3 is 2.68 bits per heavy atom. The van der Waals surface area contributed by atoms with Crippen molar-refractivity contribution >= 4 is 5.91 Å². The van der Waals surface area contributed by atoms with Crippen molar-refractivity contribution in [3.63, 3.8) is 0 Å². The van der Waals surface area contributed by atoms with Crippen molar-refractivity contribution in [1.29, 1.82) is 0 Å². The summed E-state index contributed by atoms with van der Waals surface area (Å²) in [6.45, 7) is 0.904. The predicted octanol–water partition coefficient (Wildman–Crippen LogP) is 1.05. The number of ether oxygens (including phenoxy) is 2. The SMILES string of the molecule is COc1ccc(CCN)c(OCCC(=O)N(C)C)c1. The second kappa shape index (κ2) is 7.63. The van der Waals surface area contributed by atoms with E-state index in [0.29, 0.717) is 19.6 Å². The van der Waals surface area contributed by atoms with Crippen LogP contribution in [0.3, 0.4) is 0 Å². The third-order valence-corrected chi connectivity index (χ3v) is 2.76. The van der Waals surface area contributed by atoms with Gasteiger partial charge in [-0.2, -0.15) is 0 Å². The first-order valence-electron chi connectivity index (χ1n) is 6.28. The molecule has 5 heteroatoms. The Bertz CT molecular complexity index is 419. The van der Waals surface area contributed by atoms with Gasteiger partial charge in [0.25, 0.3) is 0 Å². The first-order chi connectivity index (χ1) is 9.08. The zero-order valence-corrected chi connectivity index (χ0v) is 11.8. The Kier molecular flexibility index (Phi) is 6.15. The molecule has 1 aromatic carbocycles. The molecule has 1 rings (SSSR count). The molecule has 0 spiro atoms. The van der Waals surface area contributed by atoms with E-state index >= 15 is 0 Å². The Balaban J connectivity index is 2.66. The van der Waals surface area contributed by atoms with E-state index in [2.05, 4.69) is 0 Å². The van der Waals surface area contributed by atoms with E-state index in [1.54, 1.807) is 26.1 Å². The van der Waals surface area contributed by atoms with Gasteiger partial charge in [0.15, 0.2) is 0 Å². The lowest BCUT2D eigenvalue weighted by atomic mass is 10.1. The highest BCUT2D eigenvalue weighted by molar-refractivity contribution is 5.75. The lowest BCUT2D eigenvalue weighted by Gasteiger charge is -2.14. The van der Waals surface area contributed by atoms with Crippen molar-refractivity contribution in [3.05, 3.63) is 23.8 Å². The number of nitrogens with two attached hydrogens (primary N) is 1. The molecule has 0 saturated heterocycles. The second-order valence-electron chi connectivity index (χ2n) is 4.40. The normalized spacial score (nSPS) is 10.1. The molecule has 1 aromatic rings. The first-order valence-corrected chi connectivity index (χ1v) is 6.28. The molecule has 0 radical (unpaired) electrons. The molecule has 0 heterocycles. The Morgan fingerprint density at radius 1 is 1.37 bits per heavy atom. The summed E-state index contributed by atoms with van der Waals surface area (Å²) in [5.74, 6) is 1.51. The minimum atomic E-state index is 0.0447. The lowest BCUT2D eigenvalue weighted by molar-refractivity contribution is -0.129. The van der Waals surface area contributed by atoms with Crippen LogP contribution in [0, 0.1) is 0 Å². The van der Waals surface area contributed by atoms with Gasteiger partial charge in [0, 0.05) is 20.2 Å². The highest BCUT2D eigenvalue weighted by atomic mass is 16.5. The minimum Gasteiger partial charge on any atom is -0.497 e. The average molecular weight is 266 g/mol. The minimum absolute atomic E-state index is 0.0447. The molecule has 0 fully saturated rings. The van der Waals surface area contributed by atoms with Gasteiger partial charge in [-0.15, -0.1) is 0 Å². The third-order valence-electron chi connectivity index (χ3n) is 2.76. The molecule has 0 unspecified atom stereocenters. The number of carbonyl (C=O) groups is 1. The van der Waals surface area contributed by atoms with Crippen molar-refractivity contribution < 1.29 is 14.3 Å². The molecule has 2 N–H and O–H groups in total. The largest absolute Gasteiger partial charge is 0.497 e. The second-order valence-corrected chi connectivity index (χ2v) is 4.40. The molecule has 0 atom stereocenters. The van der Waals surface area contributed by atoms with Crippen molar-refractivity contribution in [3.8, 4) is 11.5 Å². The summed E-state index contributed by atoms with van der Waals surface area (Å²) in [4.78, 5) is 13.0. The Labute approximate surface area is 114 Å². The number of hydrogen-bond acceptors (Lipinski definition) is 4. The van der Waals surface area contributed by atoms with E-state index in [4.69, 9.17) is 15.2 Å². The van der Waals surface area contributed by atoms with Crippen LogP contribution in [-0.4, -0.2) is 45.2 Å². The zero-order valence-electron chi connectivity index (χ0n) is 11.8. The van der Waals surface area contributed by atoms with E-state index < -0.39 is 0 Å². The fourth-order valence-corrected chi connectivity index (χ4v) is 1.63. The van der Waals surface area contributed by atoms with E-state index in [1.165, 1.54) is 0 Å². The van der Waals surface area contributed by atoms with E-state index in [0.717, 1.165) is 23.5 Å². The van der Waals surface area contributed by atoms with Gasteiger partial charge in [0.2, 0.25) is 5.91 Å². The fourth-order valence-electron chi connectivity index (χ4n) is 1.63. The fraction of sp³-hybridized carbons (Fsp3) is 0.500. The molecular formula is C14H22N2O3. The van der Waals surface area contributed by atoms with Gasteiger partial charge in [0.05, 0.1) is 20.1 Å². The van der Waals surface area contributed by atoms with E-state index in [-0.39, 0.29) is 5.91 Å². The summed E-state index contributed by atoms with van der Waals surface area (Å²) in [6, 6.07) is 5.64. The molecule has 5 nitrogen and oxygen atoms in total.